The summed E-state index contributed by atoms with van der Waals surface area (Å²) in [6.45, 7) is 4.93. The third-order valence-corrected chi connectivity index (χ3v) is 8.12. The molecule has 0 unspecified atom stereocenters. The molecule has 31 heavy (non-hydrogen) atoms. The van der Waals surface area contributed by atoms with Crippen LogP contribution in [0, 0.1) is 5.82 Å². The summed E-state index contributed by atoms with van der Waals surface area (Å²) in [5.41, 5.74) is 2.47. The molecule has 0 aliphatic carbocycles. The van der Waals surface area contributed by atoms with Gasteiger partial charge in [0.05, 0.1) is 17.1 Å². The highest BCUT2D eigenvalue weighted by molar-refractivity contribution is 8.02. The number of anilines is 1. The number of carbonyl (C=O) groups is 2. The van der Waals surface area contributed by atoms with Crippen LogP contribution >= 0.6 is 23.1 Å². The number of hydrogen-bond donors (Lipinski definition) is 0. The van der Waals surface area contributed by atoms with Crippen LogP contribution in [-0.4, -0.2) is 28.0 Å². The quantitative estimate of drug-likeness (QED) is 0.545. The van der Waals surface area contributed by atoms with Crippen LogP contribution in [0.25, 0.3) is 0 Å². The number of para-hydroxylation sites is 1. The number of nitrogens with zero attached hydrogens (tertiary/aromatic N) is 2. The zero-order chi connectivity index (χ0) is 21.8. The average Bonchev–Trinajstić information content (AvgIpc) is 3.43. The van der Waals surface area contributed by atoms with Gasteiger partial charge in [0, 0.05) is 16.9 Å². The SMILES string of the molecule is CC1(C)CN(C(=O)c2cccs2)[C@@]2(S1)C(=O)N(Cc1ccc(F)cc1)c1ccccc12. The zero-order valence-corrected chi connectivity index (χ0v) is 18.8. The molecule has 1 aromatic heterocycles. The van der Waals surface area contributed by atoms with E-state index in [9.17, 15) is 14.0 Å². The molecule has 3 aromatic rings. The molecule has 4 nitrogen and oxygen atoms in total. The van der Waals surface area contributed by atoms with Crippen molar-refractivity contribution in [2.75, 3.05) is 11.4 Å². The lowest BCUT2D eigenvalue weighted by atomic mass is 10.0. The lowest BCUT2D eigenvalue weighted by Crippen LogP contribution is -2.50. The van der Waals surface area contributed by atoms with Gasteiger partial charge >= 0.3 is 0 Å². The number of fused-ring (bicyclic) bond motifs is 2. The first-order valence-electron chi connectivity index (χ1n) is 10.0. The van der Waals surface area contributed by atoms with Gasteiger partial charge in [0.2, 0.25) is 0 Å². The van der Waals surface area contributed by atoms with Gasteiger partial charge in [0.25, 0.3) is 11.8 Å². The van der Waals surface area contributed by atoms with Gasteiger partial charge in [-0.15, -0.1) is 23.1 Å². The number of hydrogen-bond acceptors (Lipinski definition) is 4. The van der Waals surface area contributed by atoms with Crippen LogP contribution in [0.15, 0.2) is 66.0 Å². The Bertz CT molecular complexity index is 1160. The lowest BCUT2D eigenvalue weighted by molar-refractivity contribution is -0.123. The number of benzene rings is 2. The van der Waals surface area contributed by atoms with E-state index < -0.39 is 4.87 Å². The van der Waals surface area contributed by atoms with Crippen molar-refractivity contribution in [1.82, 2.24) is 4.90 Å². The highest BCUT2D eigenvalue weighted by Gasteiger charge is 2.63. The number of thiophene rings is 1. The largest absolute Gasteiger partial charge is 0.309 e. The molecule has 2 aliphatic rings. The van der Waals surface area contributed by atoms with E-state index in [0.717, 1.165) is 16.8 Å². The van der Waals surface area contributed by atoms with E-state index in [-0.39, 0.29) is 22.4 Å². The van der Waals surface area contributed by atoms with Crippen LogP contribution < -0.4 is 4.90 Å². The van der Waals surface area contributed by atoms with Gasteiger partial charge in [-0.2, -0.15) is 0 Å². The first kappa shape index (κ1) is 20.3. The lowest BCUT2D eigenvalue weighted by Gasteiger charge is -2.33. The molecule has 158 valence electrons. The number of halogens is 1. The monoisotopic (exact) mass is 452 g/mol. The van der Waals surface area contributed by atoms with Crippen molar-refractivity contribution in [3.8, 4) is 0 Å². The molecule has 0 bridgehead atoms. The summed E-state index contributed by atoms with van der Waals surface area (Å²) in [6, 6.07) is 17.5. The minimum Gasteiger partial charge on any atom is -0.309 e. The minimum absolute atomic E-state index is 0.125. The number of rotatable bonds is 3. The van der Waals surface area contributed by atoms with Gasteiger partial charge in [0.15, 0.2) is 4.87 Å². The smallest absolute Gasteiger partial charge is 0.268 e. The summed E-state index contributed by atoms with van der Waals surface area (Å²) in [5.74, 6) is -0.562. The van der Waals surface area contributed by atoms with E-state index in [1.54, 1.807) is 28.0 Å². The Labute approximate surface area is 188 Å². The molecule has 2 amide bonds. The molecule has 0 N–H and O–H groups in total. The van der Waals surface area contributed by atoms with Crippen molar-refractivity contribution in [2.24, 2.45) is 0 Å². The molecule has 1 saturated heterocycles. The maximum absolute atomic E-state index is 14.1. The van der Waals surface area contributed by atoms with Gasteiger partial charge < -0.3 is 9.80 Å². The van der Waals surface area contributed by atoms with E-state index in [4.69, 9.17) is 0 Å². The summed E-state index contributed by atoms with van der Waals surface area (Å²) >= 11 is 2.92. The molecule has 1 fully saturated rings. The molecular weight excluding hydrogens is 431 g/mol. The van der Waals surface area contributed by atoms with Gasteiger partial charge in [-0.25, -0.2) is 4.39 Å². The summed E-state index contributed by atoms with van der Waals surface area (Å²) in [6.07, 6.45) is 0. The van der Waals surface area contributed by atoms with E-state index in [2.05, 4.69) is 13.8 Å². The average molecular weight is 453 g/mol. The topological polar surface area (TPSA) is 40.6 Å². The third kappa shape index (κ3) is 3.18. The number of thioether (sulfide) groups is 1. The van der Waals surface area contributed by atoms with Crippen LogP contribution in [0.5, 0.6) is 0 Å². The van der Waals surface area contributed by atoms with Crippen LogP contribution in [0.3, 0.4) is 0 Å². The van der Waals surface area contributed by atoms with Crippen molar-refractivity contribution in [2.45, 2.75) is 30.0 Å². The predicted molar refractivity (Wildman–Crippen MR) is 123 cm³/mol. The molecule has 1 spiro atoms. The fourth-order valence-corrected chi connectivity index (χ4v) is 6.82. The molecule has 5 rings (SSSR count). The van der Waals surface area contributed by atoms with Crippen LogP contribution in [0.2, 0.25) is 0 Å². The Morgan fingerprint density at radius 3 is 2.52 bits per heavy atom. The summed E-state index contributed by atoms with van der Waals surface area (Å²) in [4.78, 5) is 30.6. The molecule has 7 heteroatoms. The van der Waals surface area contributed by atoms with Gasteiger partial charge in [-0.3, -0.25) is 9.59 Å². The van der Waals surface area contributed by atoms with Gasteiger partial charge in [-0.05, 0) is 49.1 Å². The molecule has 2 aromatic carbocycles. The molecule has 0 saturated carbocycles. The second-order valence-electron chi connectivity index (χ2n) is 8.41. The molecule has 1 atom stereocenters. The molecule has 0 radical (unpaired) electrons. The maximum atomic E-state index is 14.1. The molecule has 3 heterocycles. The van der Waals surface area contributed by atoms with Gasteiger partial charge in [-0.1, -0.05) is 36.4 Å². The highest BCUT2D eigenvalue weighted by atomic mass is 32.2. The summed E-state index contributed by atoms with van der Waals surface area (Å²) < 4.78 is 13.1. The standard InChI is InChI=1S/C24H21FN2O2S2/c1-23(2)15-27(21(28)20-8-5-13-30-20)24(31-23)18-6-3-4-7-19(18)26(22(24)29)14-16-9-11-17(25)12-10-16/h3-13H,14-15H2,1-2H3/t24-/m0/s1. The highest BCUT2D eigenvalue weighted by Crippen LogP contribution is 2.60. The van der Waals surface area contributed by atoms with Gasteiger partial charge in [0.1, 0.15) is 5.82 Å². The number of amides is 2. The van der Waals surface area contributed by atoms with E-state index >= 15 is 0 Å². The molecule has 2 aliphatic heterocycles. The molecular formula is C24H21FN2O2S2. The number of carbonyl (C=O) groups excluding carboxylic acids is 2. The van der Waals surface area contributed by atoms with Crippen molar-refractivity contribution in [3.05, 3.63) is 87.9 Å². The third-order valence-electron chi connectivity index (χ3n) is 5.67. The van der Waals surface area contributed by atoms with Crippen molar-refractivity contribution < 1.29 is 14.0 Å². The Kier molecular flexibility index (Phi) is 4.71. The zero-order valence-electron chi connectivity index (χ0n) is 17.2. The normalized spacial score (nSPS) is 21.7. The Hall–Kier alpha value is -2.64. The van der Waals surface area contributed by atoms with Crippen molar-refractivity contribution in [3.63, 3.8) is 0 Å². The summed E-state index contributed by atoms with van der Waals surface area (Å²) in [5, 5.41) is 1.87. The van der Waals surface area contributed by atoms with E-state index in [1.165, 1.54) is 35.2 Å². The summed E-state index contributed by atoms with van der Waals surface area (Å²) in [7, 11) is 0. The van der Waals surface area contributed by atoms with Crippen molar-refractivity contribution in [1.29, 1.82) is 0 Å². The fraction of sp³-hybridized carbons (Fsp3) is 0.250. The second kappa shape index (κ2) is 7.21. The maximum Gasteiger partial charge on any atom is 0.268 e. The van der Waals surface area contributed by atoms with Crippen LogP contribution in [-0.2, 0) is 16.2 Å². The van der Waals surface area contributed by atoms with Crippen LogP contribution in [0.1, 0.15) is 34.6 Å². The fourth-order valence-electron chi connectivity index (χ4n) is 4.42. The Morgan fingerprint density at radius 1 is 1.06 bits per heavy atom. The van der Waals surface area contributed by atoms with Crippen LogP contribution in [0.4, 0.5) is 10.1 Å². The Morgan fingerprint density at radius 2 is 1.81 bits per heavy atom. The Balaban J connectivity index is 1.62. The van der Waals surface area contributed by atoms with E-state index in [1.807, 2.05) is 35.7 Å². The van der Waals surface area contributed by atoms with Crippen molar-refractivity contribution >= 4 is 40.6 Å². The second-order valence-corrected chi connectivity index (χ2v) is 11.3. The first-order chi connectivity index (χ1) is 14.8. The minimum atomic E-state index is -1.11. The predicted octanol–water partition coefficient (Wildman–Crippen LogP) is 5.25. The first-order valence-corrected chi connectivity index (χ1v) is 11.7. The van der Waals surface area contributed by atoms with E-state index in [0.29, 0.717) is 18.0 Å².